The highest BCUT2D eigenvalue weighted by Crippen LogP contribution is 2.41. The van der Waals surface area contributed by atoms with Crippen LogP contribution in [0.25, 0.3) is 0 Å². The number of fused-ring (bicyclic) bond motifs is 1. The van der Waals surface area contributed by atoms with Gasteiger partial charge in [-0.15, -0.1) is 0 Å². The molecule has 36 heavy (non-hydrogen) atoms. The van der Waals surface area contributed by atoms with Crippen LogP contribution in [0.15, 0.2) is 12.2 Å². The van der Waals surface area contributed by atoms with Gasteiger partial charge < -0.3 is 33.5 Å². The molecule has 2 unspecified atom stereocenters. The molecule has 11 atom stereocenters. The van der Waals surface area contributed by atoms with Gasteiger partial charge in [0.15, 0.2) is 0 Å². The Bertz CT molecular complexity index is 765. The van der Waals surface area contributed by atoms with Crippen LogP contribution in [0.3, 0.4) is 0 Å². The van der Waals surface area contributed by atoms with E-state index in [2.05, 4.69) is 6.58 Å². The number of rotatable bonds is 9. The molecule has 8 nitrogen and oxygen atoms in total. The van der Waals surface area contributed by atoms with Gasteiger partial charge in [0.2, 0.25) is 0 Å². The van der Waals surface area contributed by atoms with Crippen molar-refractivity contribution in [2.75, 3.05) is 26.9 Å². The third-order valence-electron chi connectivity index (χ3n) is 8.90. The maximum Gasteiger partial charge on any atom is 0.135 e. The third-order valence-corrected chi connectivity index (χ3v) is 8.90. The van der Waals surface area contributed by atoms with E-state index in [0.29, 0.717) is 32.0 Å². The molecular weight excluding hydrogens is 464 g/mol. The van der Waals surface area contributed by atoms with Crippen LogP contribution in [-0.4, -0.2) is 92.8 Å². The Morgan fingerprint density at radius 2 is 1.83 bits per heavy atom. The number of hydrogen-bond acceptors (Lipinski definition) is 8. The van der Waals surface area contributed by atoms with Gasteiger partial charge in [-0.3, -0.25) is 4.79 Å². The number of carbonyl (C=O) groups excluding carboxylic acids is 1. The number of carbonyl (C=O) groups is 1. The number of methoxy groups -OCH3 is 1. The molecular formula is C28H44O8. The van der Waals surface area contributed by atoms with E-state index in [4.69, 9.17) is 28.4 Å². The van der Waals surface area contributed by atoms with E-state index in [0.717, 1.165) is 57.1 Å². The van der Waals surface area contributed by atoms with Gasteiger partial charge in [0.25, 0.3) is 0 Å². The van der Waals surface area contributed by atoms with E-state index >= 15 is 0 Å². The van der Waals surface area contributed by atoms with E-state index < -0.39 is 12.2 Å². The van der Waals surface area contributed by atoms with Gasteiger partial charge in [-0.1, -0.05) is 13.5 Å². The number of Topliss-reactive ketones (excluding diaryl/α,β-unsaturated/α-hetero) is 1. The maximum atomic E-state index is 12.6. The predicted octanol–water partition coefficient (Wildman–Crippen LogP) is 2.98. The monoisotopic (exact) mass is 508 g/mol. The molecule has 5 saturated heterocycles. The Morgan fingerprint density at radius 1 is 1.03 bits per heavy atom. The third kappa shape index (κ3) is 6.06. The minimum absolute atomic E-state index is 0.0693. The van der Waals surface area contributed by atoms with Crippen LogP contribution < -0.4 is 0 Å². The molecule has 0 saturated carbocycles. The van der Waals surface area contributed by atoms with Gasteiger partial charge in [0.1, 0.15) is 18.0 Å². The van der Waals surface area contributed by atoms with Crippen molar-refractivity contribution in [1.82, 2.24) is 0 Å². The molecule has 0 radical (unpaired) electrons. The summed E-state index contributed by atoms with van der Waals surface area (Å²) in [5, 5.41) is 11.3. The normalized spacial score (nSPS) is 45.2. The first-order valence-electron chi connectivity index (χ1n) is 14.0. The first-order valence-corrected chi connectivity index (χ1v) is 14.0. The average Bonchev–Trinajstić information content (AvgIpc) is 3.61. The van der Waals surface area contributed by atoms with Crippen LogP contribution >= 0.6 is 0 Å². The fourth-order valence-corrected chi connectivity index (χ4v) is 6.78. The SMILES string of the molecule is C=C1CO[C@@H](CC[C@@H]2C[C@@H](OC)[C@@H](C3O[C@H]4CC[C@H](CC(=O)C[C@@H]5CCOC5)OC4[C@H](O)[C@@H]3C)O2)C1. The summed E-state index contributed by atoms with van der Waals surface area (Å²) in [5.41, 5.74) is 1.16. The lowest BCUT2D eigenvalue weighted by atomic mass is 9.81. The minimum atomic E-state index is -0.673. The highest BCUT2D eigenvalue weighted by Gasteiger charge is 2.52. The van der Waals surface area contributed by atoms with E-state index in [1.807, 2.05) is 6.92 Å². The van der Waals surface area contributed by atoms with Gasteiger partial charge in [-0.2, -0.15) is 0 Å². The molecule has 0 amide bonds. The topological polar surface area (TPSA) is 92.7 Å². The second kappa shape index (κ2) is 11.9. The van der Waals surface area contributed by atoms with Crippen LogP contribution in [-0.2, 0) is 33.2 Å². The average molecular weight is 509 g/mol. The summed E-state index contributed by atoms with van der Waals surface area (Å²) in [6.45, 7) is 8.13. The standard InChI is InChI=1S/C28H44O8/c1-16-10-20(33-14-16)4-5-22-13-24(31-3)28(35-22)26-17(2)25(30)27-23(36-26)7-6-21(34-27)12-19(29)11-18-8-9-32-15-18/h17-18,20-28,30H,1,4-15H2,2-3H3/t17-,18-,20-,21+,22+,23-,24+,25+,26?,27?,28-/m0/s1. The summed E-state index contributed by atoms with van der Waals surface area (Å²) in [6, 6.07) is 0. The number of aliphatic hydroxyl groups is 1. The lowest BCUT2D eigenvalue weighted by molar-refractivity contribution is -0.268. The fourth-order valence-electron chi connectivity index (χ4n) is 6.78. The van der Waals surface area contributed by atoms with Crippen molar-refractivity contribution < 1.29 is 38.3 Å². The van der Waals surface area contributed by atoms with E-state index in [1.165, 1.54) is 0 Å². The van der Waals surface area contributed by atoms with Crippen molar-refractivity contribution in [2.24, 2.45) is 11.8 Å². The molecule has 5 fully saturated rings. The molecule has 0 aliphatic carbocycles. The number of hydrogen-bond donors (Lipinski definition) is 1. The Balaban J connectivity index is 1.14. The molecule has 0 aromatic rings. The Labute approximate surface area is 215 Å². The minimum Gasteiger partial charge on any atom is -0.390 e. The van der Waals surface area contributed by atoms with Crippen molar-refractivity contribution in [3.63, 3.8) is 0 Å². The zero-order valence-corrected chi connectivity index (χ0v) is 21.8. The molecule has 0 bridgehead atoms. The zero-order valence-electron chi connectivity index (χ0n) is 21.8. The van der Waals surface area contributed by atoms with Crippen molar-refractivity contribution in [3.05, 3.63) is 12.2 Å². The zero-order chi connectivity index (χ0) is 25.2. The van der Waals surface area contributed by atoms with Crippen molar-refractivity contribution >= 4 is 5.78 Å². The maximum absolute atomic E-state index is 12.6. The smallest absolute Gasteiger partial charge is 0.135 e. The van der Waals surface area contributed by atoms with Gasteiger partial charge in [0, 0.05) is 45.5 Å². The van der Waals surface area contributed by atoms with Gasteiger partial charge >= 0.3 is 0 Å². The first-order chi connectivity index (χ1) is 17.4. The van der Waals surface area contributed by atoms with Gasteiger partial charge in [0.05, 0.1) is 49.3 Å². The number of aliphatic hydroxyl groups excluding tert-OH is 1. The largest absolute Gasteiger partial charge is 0.390 e. The summed E-state index contributed by atoms with van der Waals surface area (Å²) in [4.78, 5) is 12.6. The molecule has 5 heterocycles. The second-order valence-corrected chi connectivity index (χ2v) is 11.7. The summed E-state index contributed by atoms with van der Waals surface area (Å²) in [7, 11) is 1.73. The van der Waals surface area contributed by atoms with Crippen LogP contribution in [0.1, 0.15) is 64.7 Å². The Kier molecular flexibility index (Phi) is 8.83. The van der Waals surface area contributed by atoms with Gasteiger partial charge in [-0.25, -0.2) is 0 Å². The first kappa shape index (κ1) is 26.7. The van der Waals surface area contributed by atoms with Crippen molar-refractivity contribution in [1.29, 1.82) is 0 Å². The molecule has 5 aliphatic rings. The quantitative estimate of drug-likeness (QED) is 0.475. The molecule has 0 aromatic heterocycles. The van der Waals surface area contributed by atoms with Crippen LogP contribution in [0.5, 0.6) is 0 Å². The van der Waals surface area contributed by atoms with Crippen LogP contribution in [0.4, 0.5) is 0 Å². The second-order valence-electron chi connectivity index (χ2n) is 11.7. The fraction of sp³-hybridized carbons (Fsp3) is 0.893. The number of ketones is 1. The van der Waals surface area contributed by atoms with Crippen molar-refractivity contribution in [3.8, 4) is 0 Å². The Morgan fingerprint density at radius 3 is 2.56 bits per heavy atom. The molecule has 5 aliphatic heterocycles. The van der Waals surface area contributed by atoms with E-state index in [9.17, 15) is 9.90 Å². The highest BCUT2D eigenvalue weighted by atomic mass is 16.6. The van der Waals surface area contributed by atoms with E-state index in [1.54, 1.807) is 7.11 Å². The number of ether oxygens (including phenoxy) is 6. The van der Waals surface area contributed by atoms with Gasteiger partial charge in [-0.05, 0) is 50.0 Å². The van der Waals surface area contributed by atoms with Crippen LogP contribution in [0, 0.1) is 11.8 Å². The van der Waals surface area contributed by atoms with E-state index in [-0.39, 0.29) is 54.4 Å². The summed E-state index contributed by atoms with van der Waals surface area (Å²) >= 11 is 0. The molecule has 0 spiro atoms. The molecule has 1 N–H and O–H groups in total. The molecule has 0 aromatic carbocycles. The summed E-state index contributed by atoms with van der Waals surface area (Å²) in [6.07, 6.45) is 5.40. The molecule has 5 rings (SSSR count). The highest BCUT2D eigenvalue weighted by molar-refractivity contribution is 5.79. The van der Waals surface area contributed by atoms with Crippen molar-refractivity contribution in [2.45, 2.75) is 120 Å². The lowest BCUT2D eigenvalue weighted by Crippen LogP contribution is -2.61. The Hall–Kier alpha value is -0.870. The molecule has 8 heteroatoms. The van der Waals surface area contributed by atoms with Crippen LogP contribution in [0.2, 0.25) is 0 Å². The predicted molar refractivity (Wildman–Crippen MR) is 132 cm³/mol. The lowest BCUT2D eigenvalue weighted by Gasteiger charge is -2.49. The summed E-state index contributed by atoms with van der Waals surface area (Å²) in [5.74, 6) is 0.401. The molecule has 204 valence electrons. The summed E-state index contributed by atoms with van der Waals surface area (Å²) < 4.78 is 36.3.